The van der Waals surface area contributed by atoms with Gasteiger partial charge in [-0.05, 0) is 48.7 Å². The van der Waals surface area contributed by atoms with Crippen LogP contribution in [0.25, 0.3) is 0 Å². The summed E-state index contributed by atoms with van der Waals surface area (Å²) in [5.41, 5.74) is 2.11. The van der Waals surface area contributed by atoms with Crippen LogP contribution >= 0.6 is 0 Å². The number of pyridine rings is 1. The van der Waals surface area contributed by atoms with Crippen molar-refractivity contribution in [1.29, 1.82) is 5.26 Å². The number of nitrogens with zero attached hydrogens (tertiary/aromatic N) is 3. The zero-order valence-electron chi connectivity index (χ0n) is 18.3. The Balaban J connectivity index is 1.36. The van der Waals surface area contributed by atoms with Gasteiger partial charge >= 0.3 is 0 Å². The van der Waals surface area contributed by atoms with Crippen LogP contribution in [0.2, 0.25) is 0 Å². The van der Waals surface area contributed by atoms with E-state index in [1.807, 2.05) is 43.3 Å². The molecule has 0 spiro atoms. The van der Waals surface area contributed by atoms with Crippen molar-refractivity contribution in [3.8, 4) is 17.6 Å². The smallest absolute Gasteiger partial charge is 0.243 e. The Labute approximate surface area is 194 Å². The fourth-order valence-electron chi connectivity index (χ4n) is 3.76. The average molecular weight is 464 g/mol. The summed E-state index contributed by atoms with van der Waals surface area (Å²) in [4.78, 5) is 4.18. The van der Waals surface area contributed by atoms with E-state index in [9.17, 15) is 8.42 Å². The third kappa shape index (κ3) is 5.51. The molecular formula is C25H25N3O4S. The first-order valence-corrected chi connectivity index (χ1v) is 12.2. The summed E-state index contributed by atoms with van der Waals surface area (Å²) in [7, 11) is -3.60. The first-order valence-electron chi connectivity index (χ1n) is 10.7. The molecule has 33 heavy (non-hydrogen) atoms. The molecule has 8 heteroatoms. The van der Waals surface area contributed by atoms with Gasteiger partial charge in [-0.25, -0.2) is 13.4 Å². The predicted octanol–water partition coefficient (Wildman–Crippen LogP) is 3.93. The van der Waals surface area contributed by atoms with E-state index in [2.05, 4.69) is 4.98 Å². The molecule has 2 heterocycles. The summed E-state index contributed by atoms with van der Waals surface area (Å²) < 4.78 is 39.5. The molecule has 0 saturated carbocycles. The van der Waals surface area contributed by atoms with E-state index >= 15 is 0 Å². The third-order valence-corrected chi connectivity index (χ3v) is 7.46. The summed E-state index contributed by atoms with van der Waals surface area (Å²) in [5.74, 6) is 1.30. The van der Waals surface area contributed by atoms with E-state index in [-0.39, 0.29) is 16.5 Å². The lowest BCUT2D eigenvalue weighted by Crippen LogP contribution is -2.29. The van der Waals surface area contributed by atoms with Gasteiger partial charge in [-0.3, -0.25) is 0 Å². The molecular weight excluding hydrogens is 438 g/mol. The lowest BCUT2D eigenvalue weighted by atomic mass is 10.1. The molecule has 3 aromatic rings. The van der Waals surface area contributed by atoms with Crippen LogP contribution in [0.5, 0.6) is 11.5 Å². The quantitative estimate of drug-likeness (QED) is 0.503. The molecule has 1 aliphatic rings. The lowest BCUT2D eigenvalue weighted by Gasteiger charge is -2.18. The van der Waals surface area contributed by atoms with Crippen molar-refractivity contribution < 1.29 is 17.9 Å². The second-order valence-corrected chi connectivity index (χ2v) is 9.96. The highest BCUT2D eigenvalue weighted by atomic mass is 32.2. The second kappa shape index (κ2) is 10.0. The Morgan fingerprint density at radius 2 is 1.94 bits per heavy atom. The molecule has 0 radical (unpaired) electrons. The van der Waals surface area contributed by atoms with Crippen LogP contribution in [-0.2, 0) is 16.6 Å². The summed E-state index contributed by atoms with van der Waals surface area (Å²) >= 11 is 0. The van der Waals surface area contributed by atoms with Gasteiger partial charge in [0.2, 0.25) is 10.0 Å². The summed E-state index contributed by atoms with van der Waals surface area (Å²) in [6, 6.07) is 20.1. The average Bonchev–Trinajstić information content (AvgIpc) is 3.33. The van der Waals surface area contributed by atoms with Crippen LogP contribution < -0.4 is 9.47 Å². The summed E-state index contributed by atoms with van der Waals surface area (Å²) in [6.45, 7) is 3.50. The summed E-state index contributed by atoms with van der Waals surface area (Å²) in [6.07, 6.45) is 2.24. The molecule has 0 unspecified atom stereocenters. The molecule has 7 nitrogen and oxygen atoms in total. The van der Waals surface area contributed by atoms with Gasteiger partial charge in [-0.15, -0.1) is 0 Å². The van der Waals surface area contributed by atoms with Gasteiger partial charge < -0.3 is 9.47 Å². The lowest BCUT2D eigenvalue weighted by molar-refractivity contribution is 0.255. The van der Waals surface area contributed by atoms with Gasteiger partial charge in [0.15, 0.2) is 0 Å². The number of aryl methyl sites for hydroxylation is 1. The molecule has 1 aromatic heterocycles. The first kappa shape index (κ1) is 22.8. The Morgan fingerprint density at radius 1 is 1.12 bits per heavy atom. The zero-order chi connectivity index (χ0) is 23.3. The highest BCUT2D eigenvalue weighted by Crippen LogP contribution is 2.28. The van der Waals surface area contributed by atoms with Gasteiger partial charge in [-0.1, -0.05) is 30.3 Å². The standard InChI is InChI=1S/C25H25N3O4S/c1-19-13-24(7-8-25(19)32-17-20-5-3-2-4-6-20)33(29,30)28-12-10-21(16-28)18-31-23-9-11-27-22(14-23)15-26/h2-9,11,13-14,21H,10,12,16-18H2,1H3/t21-/m0/s1. The monoisotopic (exact) mass is 463 g/mol. The maximum atomic E-state index is 13.2. The van der Waals surface area contributed by atoms with Gasteiger partial charge in [0, 0.05) is 31.3 Å². The fraction of sp³-hybridized carbons (Fsp3) is 0.280. The molecule has 1 fully saturated rings. The number of nitriles is 1. The molecule has 170 valence electrons. The van der Waals surface area contributed by atoms with Crippen molar-refractivity contribution in [3.05, 3.63) is 83.7 Å². The predicted molar refractivity (Wildman–Crippen MR) is 123 cm³/mol. The largest absolute Gasteiger partial charge is 0.493 e. The van der Waals surface area contributed by atoms with Crippen molar-refractivity contribution in [2.45, 2.75) is 24.8 Å². The Kier molecular flexibility index (Phi) is 6.92. The van der Waals surface area contributed by atoms with Crippen molar-refractivity contribution in [2.75, 3.05) is 19.7 Å². The molecule has 1 aliphatic heterocycles. The van der Waals surface area contributed by atoms with Crippen molar-refractivity contribution >= 4 is 10.0 Å². The van der Waals surface area contributed by atoms with Crippen LogP contribution in [0.3, 0.4) is 0 Å². The normalized spacial score (nSPS) is 16.3. The van der Waals surface area contributed by atoms with Gasteiger partial charge in [-0.2, -0.15) is 9.57 Å². The van der Waals surface area contributed by atoms with Crippen molar-refractivity contribution in [3.63, 3.8) is 0 Å². The molecule has 1 atom stereocenters. The van der Waals surface area contributed by atoms with E-state index < -0.39 is 10.0 Å². The third-order valence-electron chi connectivity index (χ3n) is 5.60. The van der Waals surface area contributed by atoms with Crippen LogP contribution in [0.15, 0.2) is 71.8 Å². The van der Waals surface area contributed by atoms with Crippen LogP contribution in [-0.4, -0.2) is 37.4 Å². The number of hydrogen-bond acceptors (Lipinski definition) is 6. The zero-order valence-corrected chi connectivity index (χ0v) is 19.2. The van der Waals surface area contributed by atoms with Crippen LogP contribution in [0.4, 0.5) is 0 Å². The van der Waals surface area contributed by atoms with Crippen LogP contribution in [0, 0.1) is 24.2 Å². The molecule has 1 saturated heterocycles. The molecule has 0 N–H and O–H groups in total. The topological polar surface area (TPSA) is 92.5 Å². The highest BCUT2D eigenvalue weighted by molar-refractivity contribution is 7.89. The minimum Gasteiger partial charge on any atom is -0.493 e. The maximum Gasteiger partial charge on any atom is 0.243 e. The molecule has 0 bridgehead atoms. The van der Waals surface area contributed by atoms with Gasteiger partial charge in [0.05, 0.1) is 11.5 Å². The molecule has 0 amide bonds. The van der Waals surface area contributed by atoms with E-state index in [1.54, 1.807) is 30.3 Å². The number of sulfonamides is 1. The van der Waals surface area contributed by atoms with E-state index in [1.165, 1.54) is 10.5 Å². The number of benzene rings is 2. The number of ether oxygens (including phenoxy) is 2. The fourth-order valence-corrected chi connectivity index (χ4v) is 5.37. The molecule has 2 aromatic carbocycles. The van der Waals surface area contributed by atoms with Crippen molar-refractivity contribution in [2.24, 2.45) is 5.92 Å². The van der Waals surface area contributed by atoms with E-state index in [0.29, 0.717) is 44.2 Å². The number of aromatic nitrogens is 1. The van der Waals surface area contributed by atoms with Crippen molar-refractivity contribution in [1.82, 2.24) is 9.29 Å². The second-order valence-electron chi connectivity index (χ2n) is 8.02. The van der Waals surface area contributed by atoms with E-state index in [0.717, 1.165) is 11.1 Å². The van der Waals surface area contributed by atoms with Gasteiger partial charge in [0.1, 0.15) is 29.9 Å². The number of rotatable bonds is 8. The minimum absolute atomic E-state index is 0.0769. The SMILES string of the molecule is Cc1cc(S(=O)(=O)N2CC[C@H](COc3ccnc(C#N)c3)C2)ccc1OCc1ccccc1. The Bertz CT molecular complexity index is 1260. The maximum absolute atomic E-state index is 13.2. The Morgan fingerprint density at radius 3 is 2.70 bits per heavy atom. The first-order chi connectivity index (χ1) is 16.0. The Hall–Kier alpha value is -3.41. The molecule has 4 rings (SSSR count). The minimum atomic E-state index is -3.60. The van der Waals surface area contributed by atoms with Gasteiger partial charge in [0.25, 0.3) is 0 Å². The van der Waals surface area contributed by atoms with E-state index in [4.69, 9.17) is 14.7 Å². The number of hydrogen-bond donors (Lipinski definition) is 0. The molecule has 0 aliphatic carbocycles. The van der Waals surface area contributed by atoms with Crippen LogP contribution in [0.1, 0.15) is 23.2 Å². The summed E-state index contributed by atoms with van der Waals surface area (Å²) in [5, 5.41) is 8.94. The highest BCUT2D eigenvalue weighted by Gasteiger charge is 2.33.